The molecule has 0 rings (SSSR count). The predicted molar refractivity (Wildman–Crippen MR) is 20.5 cm³/mol. The Balaban J connectivity index is -0.0000000183. The molecule has 0 saturated heterocycles. The number of rotatable bonds is 0. The zero-order valence-corrected chi connectivity index (χ0v) is 14.4. The molecule has 0 aliphatic rings. The van der Waals surface area contributed by atoms with E-state index >= 15 is 0 Å². The molecular weight excluding hydrogens is 204 g/mol. The van der Waals surface area contributed by atoms with Crippen molar-refractivity contribution in [3.63, 3.8) is 0 Å². The summed E-state index contributed by atoms with van der Waals surface area (Å²) in [4.78, 5) is 25.6. The topological polar surface area (TPSA) is 95.5 Å². The molecule has 5 nitrogen and oxygen atoms in total. The fourth-order valence-corrected chi connectivity index (χ4v) is 0. The summed E-state index contributed by atoms with van der Waals surface area (Å²) in [5.74, 6) is 0. The maximum Gasteiger partial charge on any atom is 1.00 e. The molecule has 0 aliphatic carbocycles. The Morgan fingerprint density at radius 3 is 1.00 bits per heavy atom. The minimum atomic E-state index is -5.39. The Bertz CT molecular complexity index is 75.5. The van der Waals surface area contributed by atoms with Crippen molar-refractivity contribution < 1.29 is 113 Å². The maximum absolute atomic E-state index is 8.55. The second kappa shape index (κ2) is 18.8. The van der Waals surface area contributed by atoms with E-state index in [1.54, 1.807) is 14.2 Å². The average molecular weight is 210 g/mol. The largest absolute Gasteiger partial charge is 1.00 e. The quantitative estimate of drug-likeness (QED) is 0.292. The van der Waals surface area contributed by atoms with Crippen molar-refractivity contribution in [2.75, 3.05) is 14.2 Å². The maximum atomic E-state index is 8.55. The van der Waals surface area contributed by atoms with Crippen LogP contribution < -0.4 is 103 Å². The normalized spacial score (nSPS) is 7.00. The minimum Gasteiger partial charge on any atom is -0.822 e. The molecule has 0 aromatic rings. The molecule has 11 heavy (non-hydrogen) atoms. The van der Waals surface area contributed by atoms with Crippen molar-refractivity contribution in [1.82, 2.24) is 0 Å². The van der Waals surface area contributed by atoms with Crippen LogP contribution in [-0.2, 0) is 9.30 Å². The Labute approximate surface area is 132 Å². The van der Waals surface area contributed by atoms with Crippen LogP contribution >= 0.6 is 7.82 Å². The van der Waals surface area contributed by atoms with E-state index in [2.05, 4.69) is 4.74 Å². The van der Waals surface area contributed by atoms with Gasteiger partial charge in [-0.3, -0.25) is 0 Å². The second-order valence-corrected chi connectivity index (χ2v) is 1.75. The second-order valence-electron chi connectivity index (χ2n) is 0.855. The summed E-state index contributed by atoms with van der Waals surface area (Å²) < 4.78 is 12.8. The molecule has 0 bridgehead atoms. The molecule has 0 aromatic heterocycles. The molecule has 0 heterocycles. The van der Waals surface area contributed by atoms with Gasteiger partial charge in [-0.2, -0.15) is 7.82 Å². The molecule has 0 atom stereocenters. The Morgan fingerprint density at radius 1 is 1.00 bits per heavy atom. The number of hydrogen-bond acceptors (Lipinski definition) is 5. The third kappa shape index (κ3) is 170. The molecule has 0 radical (unpaired) electrons. The van der Waals surface area contributed by atoms with Gasteiger partial charge in [0.25, 0.3) is 0 Å². The first kappa shape index (κ1) is 29.2. The van der Waals surface area contributed by atoms with Crippen LogP contribution in [0.5, 0.6) is 0 Å². The summed E-state index contributed by atoms with van der Waals surface area (Å²) in [7, 11) is -2.14. The Kier molecular flexibility index (Phi) is 49.9. The molecule has 0 unspecified atom stereocenters. The summed E-state index contributed by atoms with van der Waals surface area (Å²) in [6, 6.07) is 0. The first-order chi connectivity index (χ1) is 3.41. The molecule has 52 valence electrons. The van der Waals surface area contributed by atoms with Gasteiger partial charge in [-0.05, 0) is 0 Å². The van der Waals surface area contributed by atoms with Crippen molar-refractivity contribution in [3.8, 4) is 0 Å². The van der Waals surface area contributed by atoms with E-state index in [-0.39, 0.29) is 88.7 Å². The van der Waals surface area contributed by atoms with Crippen LogP contribution in [0.15, 0.2) is 0 Å². The van der Waals surface area contributed by atoms with Gasteiger partial charge in [0.1, 0.15) is 0 Å². The molecular formula is C2H6Na3O5P. The van der Waals surface area contributed by atoms with Crippen LogP contribution in [0.1, 0.15) is 0 Å². The predicted octanol–water partition coefficient (Wildman–Crippen LogP) is -11.6. The van der Waals surface area contributed by atoms with E-state index in [0.29, 0.717) is 0 Å². The molecule has 0 aromatic carbocycles. The van der Waals surface area contributed by atoms with Crippen LogP contribution in [-0.4, -0.2) is 14.2 Å². The molecule has 0 aliphatic heterocycles. The monoisotopic (exact) mass is 210 g/mol. The van der Waals surface area contributed by atoms with E-state index < -0.39 is 7.82 Å². The molecule has 0 spiro atoms. The van der Waals surface area contributed by atoms with E-state index in [0.717, 1.165) is 0 Å². The number of ether oxygens (including phenoxy) is 1. The van der Waals surface area contributed by atoms with Crippen molar-refractivity contribution in [2.24, 2.45) is 0 Å². The van der Waals surface area contributed by atoms with Gasteiger partial charge in [0.15, 0.2) is 0 Å². The first-order valence-corrected chi connectivity index (χ1v) is 3.01. The summed E-state index contributed by atoms with van der Waals surface area (Å²) in [5.41, 5.74) is 0. The summed E-state index contributed by atoms with van der Waals surface area (Å²) in [6.07, 6.45) is 0. The van der Waals surface area contributed by atoms with Crippen LogP contribution in [0.3, 0.4) is 0 Å². The van der Waals surface area contributed by atoms with Crippen molar-refractivity contribution in [1.29, 1.82) is 0 Å². The van der Waals surface area contributed by atoms with Gasteiger partial charge in [-0.25, -0.2) is 0 Å². The third-order valence-electron chi connectivity index (χ3n) is 0. The van der Waals surface area contributed by atoms with Crippen LogP contribution in [0.25, 0.3) is 0 Å². The fraction of sp³-hybridized carbons (Fsp3) is 1.00. The van der Waals surface area contributed by atoms with Crippen molar-refractivity contribution in [2.45, 2.75) is 0 Å². The smallest absolute Gasteiger partial charge is 0.822 e. The van der Waals surface area contributed by atoms with Gasteiger partial charge < -0.3 is 24.0 Å². The van der Waals surface area contributed by atoms with E-state index in [9.17, 15) is 0 Å². The van der Waals surface area contributed by atoms with E-state index in [1.807, 2.05) is 0 Å². The number of hydrogen-bond donors (Lipinski definition) is 0. The summed E-state index contributed by atoms with van der Waals surface area (Å²) in [5, 5.41) is 0. The first-order valence-electron chi connectivity index (χ1n) is 1.55. The minimum absolute atomic E-state index is 0. The van der Waals surface area contributed by atoms with Crippen molar-refractivity contribution in [3.05, 3.63) is 0 Å². The van der Waals surface area contributed by atoms with Crippen LogP contribution in [0.2, 0.25) is 0 Å². The number of phosphoric acid groups is 1. The zero-order valence-electron chi connectivity index (χ0n) is 7.49. The molecule has 0 N–H and O–H groups in total. The van der Waals surface area contributed by atoms with E-state index in [4.69, 9.17) is 19.2 Å². The van der Waals surface area contributed by atoms with E-state index in [1.165, 1.54) is 0 Å². The molecule has 0 saturated carbocycles. The van der Waals surface area contributed by atoms with Gasteiger partial charge >= 0.3 is 88.7 Å². The SMILES string of the molecule is COC.O=P([O-])([O-])[O-].[Na+].[Na+].[Na+]. The van der Waals surface area contributed by atoms with Gasteiger partial charge in [0.2, 0.25) is 0 Å². The van der Waals surface area contributed by atoms with Gasteiger partial charge in [0.05, 0.1) is 0 Å². The number of methoxy groups -OCH3 is 1. The standard InChI is InChI=1S/C2H6O.3Na.H3O4P/c1-3-2;;;;1-5(2,3)4/h1-2H3;;;;(H3,1,2,3,4)/q;3*+1;/p-3. The zero-order chi connectivity index (χ0) is 7.21. The van der Waals surface area contributed by atoms with Gasteiger partial charge in [0, 0.05) is 14.2 Å². The summed E-state index contributed by atoms with van der Waals surface area (Å²) >= 11 is 0. The third-order valence-corrected chi connectivity index (χ3v) is 0. The summed E-state index contributed by atoms with van der Waals surface area (Å²) in [6.45, 7) is 0. The van der Waals surface area contributed by atoms with Crippen molar-refractivity contribution >= 4 is 7.82 Å². The molecule has 0 amide bonds. The van der Waals surface area contributed by atoms with Gasteiger partial charge in [-0.15, -0.1) is 0 Å². The average Bonchev–Trinajstić information content (AvgIpc) is 1.27. The Hall–Kier alpha value is 3.07. The van der Waals surface area contributed by atoms with Crippen LogP contribution in [0, 0.1) is 0 Å². The fourth-order valence-electron chi connectivity index (χ4n) is 0. The molecule has 0 fully saturated rings. The Morgan fingerprint density at radius 2 is 1.00 bits per heavy atom. The molecule has 9 heteroatoms. The van der Waals surface area contributed by atoms with Crippen LogP contribution in [0.4, 0.5) is 0 Å². The van der Waals surface area contributed by atoms with Gasteiger partial charge in [-0.1, -0.05) is 0 Å².